The van der Waals surface area contributed by atoms with Gasteiger partial charge in [0.15, 0.2) is 8.32 Å². The zero-order chi connectivity index (χ0) is 24.4. The van der Waals surface area contributed by atoms with E-state index in [1.165, 1.54) is 24.8 Å². The second-order valence-corrected chi connectivity index (χ2v) is 16.0. The van der Waals surface area contributed by atoms with Gasteiger partial charge in [0.05, 0.1) is 6.10 Å². The fourth-order valence-electron chi connectivity index (χ4n) is 4.20. The molecule has 0 radical (unpaired) electrons. The number of unbranched alkanes of at least 4 members (excludes halogenated alkanes) is 2. The van der Waals surface area contributed by atoms with Gasteiger partial charge in [-0.2, -0.15) is 0 Å². The topological polar surface area (TPSA) is 66.8 Å². The Labute approximate surface area is 198 Å². The second kappa shape index (κ2) is 13.7. The molecule has 1 aliphatic carbocycles. The average molecular weight is 467 g/mol. The molecule has 0 amide bonds. The highest BCUT2D eigenvalue weighted by Gasteiger charge is 2.40. The first-order valence-electron chi connectivity index (χ1n) is 12.8. The van der Waals surface area contributed by atoms with Gasteiger partial charge in [0.2, 0.25) is 0 Å². The molecule has 0 aromatic heterocycles. The molecule has 1 rings (SSSR count). The highest BCUT2D eigenvalue weighted by Crippen LogP contribution is 2.40. The number of hydrogen-bond donors (Lipinski definition) is 2. The summed E-state index contributed by atoms with van der Waals surface area (Å²) in [6.07, 6.45) is 15.3. The van der Waals surface area contributed by atoms with Crippen molar-refractivity contribution in [2.75, 3.05) is 0 Å². The molecule has 0 aromatic rings. The van der Waals surface area contributed by atoms with E-state index in [4.69, 9.17) is 9.53 Å². The third kappa shape index (κ3) is 9.92. The van der Waals surface area contributed by atoms with Crippen molar-refractivity contribution in [3.63, 3.8) is 0 Å². The molecule has 0 heterocycles. The lowest BCUT2D eigenvalue weighted by atomic mass is 9.88. The van der Waals surface area contributed by atoms with Gasteiger partial charge in [-0.25, -0.2) is 0 Å². The summed E-state index contributed by atoms with van der Waals surface area (Å²) in [5.41, 5.74) is 1.37. The highest BCUT2D eigenvalue weighted by molar-refractivity contribution is 6.74. The molecule has 5 heteroatoms. The normalized spacial score (nSPS) is 21.7. The molecule has 0 saturated heterocycles. The van der Waals surface area contributed by atoms with Crippen LogP contribution in [0.2, 0.25) is 18.1 Å². The first-order chi connectivity index (χ1) is 14.9. The van der Waals surface area contributed by atoms with E-state index < -0.39 is 14.3 Å². The summed E-state index contributed by atoms with van der Waals surface area (Å²) in [6, 6.07) is 0. The van der Waals surface area contributed by atoms with Crippen molar-refractivity contribution in [2.24, 2.45) is 11.8 Å². The molecule has 4 nitrogen and oxygen atoms in total. The molecule has 4 atom stereocenters. The van der Waals surface area contributed by atoms with E-state index in [0.717, 1.165) is 32.1 Å². The lowest BCUT2D eigenvalue weighted by molar-refractivity contribution is -0.137. The zero-order valence-electron chi connectivity index (χ0n) is 21.8. The van der Waals surface area contributed by atoms with Crippen LogP contribution in [0, 0.1) is 11.8 Å². The van der Waals surface area contributed by atoms with Crippen LogP contribution in [-0.2, 0) is 9.22 Å². The molecule has 0 bridgehead atoms. The molecule has 0 saturated carbocycles. The number of carboxylic acids is 1. The fraction of sp³-hybridized carbons (Fsp3) is 0.815. The molecule has 32 heavy (non-hydrogen) atoms. The fourth-order valence-corrected chi connectivity index (χ4v) is 5.66. The third-order valence-electron chi connectivity index (χ3n) is 7.50. The molecule has 0 aromatic carbocycles. The minimum Gasteiger partial charge on any atom is -0.481 e. The maximum absolute atomic E-state index is 10.6. The van der Waals surface area contributed by atoms with Gasteiger partial charge in [-0.3, -0.25) is 4.79 Å². The van der Waals surface area contributed by atoms with Gasteiger partial charge in [-0.1, -0.05) is 71.3 Å². The monoisotopic (exact) mass is 466 g/mol. The first kappa shape index (κ1) is 29.1. The van der Waals surface area contributed by atoms with Gasteiger partial charge in [-0.05, 0) is 69.0 Å². The van der Waals surface area contributed by atoms with E-state index in [0.29, 0.717) is 12.3 Å². The Bertz CT molecular complexity index is 618. The number of aliphatic hydroxyl groups excluding tert-OH is 1. The first-order valence-corrected chi connectivity index (χ1v) is 15.7. The standard InChI is InChI=1S/C27H50O4Si/c1-8-9-14-21(2)25(31-32(6,7)27(3,4)5)20-18-22-17-19-24(28)23(22)15-12-10-11-13-16-26(29)30/h10,12,17,21,23-25,28H,8-9,11,13-16,18-20H2,1-7H3,(H,29,30)/b12-10-/t21?,23-,24?,25?/m1/s1. The lowest BCUT2D eigenvalue weighted by Crippen LogP contribution is -2.45. The number of carbonyl (C=O) groups is 1. The molecule has 186 valence electrons. The van der Waals surface area contributed by atoms with E-state index in [1.54, 1.807) is 0 Å². The molecule has 0 aliphatic heterocycles. The van der Waals surface area contributed by atoms with E-state index in [2.05, 4.69) is 65.9 Å². The number of aliphatic carboxylic acids is 1. The van der Waals surface area contributed by atoms with Crippen molar-refractivity contribution in [1.29, 1.82) is 0 Å². The summed E-state index contributed by atoms with van der Waals surface area (Å²) < 4.78 is 6.92. The van der Waals surface area contributed by atoms with Crippen LogP contribution in [0.1, 0.15) is 98.8 Å². The van der Waals surface area contributed by atoms with Crippen molar-refractivity contribution in [3.8, 4) is 0 Å². The molecule has 3 unspecified atom stereocenters. The minimum atomic E-state index is -1.84. The molecule has 0 fully saturated rings. The van der Waals surface area contributed by atoms with Gasteiger partial charge in [-0.15, -0.1) is 0 Å². The van der Waals surface area contributed by atoms with Crippen LogP contribution in [0.25, 0.3) is 0 Å². The largest absolute Gasteiger partial charge is 0.481 e. The predicted octanol–water partition coefficient (Wildman–Crippen LogP) is 7.49. The summed E-state index contributed by atoms with van der Waals surface area (Å²) in [5, 5.41) is 19.5. The maximum Gasteiger partial charge on any atom is 0.303 e. The molecule has 2 N–H and O–H groups in total. The van der Waals surface area contributed by atoms with Gasteiger partial charge < -0.3 is 14.6 Å². The Kier molecular flexibility index (Phi) is 12.5. The van der Waals surface area contributed by atoms with E-state index in [-0.39, 0.29) is 29.6 Å². The zero-order valence-corrected chi connectivity index (χ0v) is 22.8. The minimum absolute atomic E-state index is 0.185. The Morgan fingerprint density at radius 3 is 2.53 bits per heavy atom. The van der Waals surface area contributed by atoms with Crippen LogP contribution in [0.3, 0.4) is 0 Å². The van der Waals surface area contributed by atoms with Crippen LogP contribution in [0.5, 0.6) is 0 Å². The van der Waals surface area contributed by atoms with Gasteiger partial charge >= 0.3 is 5.97 Å². The van der Waals surface area contributed by atoms with Crippen molar-refractivity contribution in [2.45, 2.75) is 129 Å². The van der Waals surface area contributed by atoms with E-state index >= 15 is 0 Å². The van der Waals surface area contributed by atoms with Crippen LogP contribution >= 0.6 is 0 Å². The predicted molar refractivity (Wildman–Crippen MR) is 137 cm³/mol. The van der Waals surface area contributed by atoms with Gasteiger partial charge in [0.1, 0.15) is 0 Å². The lowest BCUT2D eigenvalue weighted by Gasteiger charge is -2.41. The Balaban J connectivity index is 2.72. The van der Waals surface area contributed by atoms with Crippen LogP contribution < -0.4 is 0 Å². The quantitative estimate of drug-likeness (QED) is 0.149. The number of rotatable bonds is 15. The molecule has 1 aliphatic rings. The summed E-state index contributed by atoms with van der Waals surface area (Å²) >= 11 is 0. The van der Waals surface area contributed by atoms with Gasteiger partial charge in [0, 0.05) is 18.4 Å². The summed E-state index contributed by atoms with van der Waals surface area (Å²) in [4.78, 5) is 10.6. The Morgan fingerprint density at radius 2 is 1.94 bits per heavy atom. The summed E-state index contributed by atoms with van der Waals surface area (Å²) in [6.45, 7) is 16.2. The van der Waals surface area contributed by atoms with Crippen molar-refractivity contribution < 1.29 is 19.4 Å². The summed E-state index contributed by atoms with van der Waals surface area (Å²) in [7, 11) is -1.84. The summed E-state index contributed by atoms with van der Waals surface area (Å²) in [5.74, 6) is -0.00810. The SMILES string of the molecule is CCCCC(C)C(CCC1=CCC(O)[C@@H]1C/C=C\CCCC(=O)O)O[Si](C)(C)C(C)(C)C. The van der Waals surface area contributed by atoms with Crippen LogP contribution in [0.15, 0.2) is 23.8 Å². The van der Waals surface area contributed by atoms with Crippen molar-refractivity contribution in [1.82, 2.24) is 0 Å². The molecular weight excluding hydrogens is 416 g/mol. The highest BCUT2D eigenvalue weighted by atomic mass is 28.4. The number of carboxylic acid groups (broad SMARTS) is 1. The molecule has 0 spiro atoms. The molecular formula is C27H50O4Si. The van der Waals surface area contributed by atoms with E-state index in [9.17, 15) is 9.90 Å². The smallest absolute Gasteiger partial charge is 0.303 e. The third-order valence-corrected chi connectivity index (χ3v) is 12.0. The number of aliphatic hydroxyl groups is 1. The van der Waals surface area contributed by atoms with Gasteiger partial charge in [0.25, 0.3) is 0 Å². The van der Waals surface area contributed by atoms with Crippen LogP contribution in [0.4, 0.5) is 0 Å². The van der Waals surface area contributed by atoms with E-state index in [1.807, 2.05) is 0 Å². The van der Waals surface area contributed by atoms with Crippen LogP contribution in [-0.4, -0.2) is 36.7 Å². The average Bonchev–Trinajstić information content (AvgIpc) is 3.04. The number of hydrogen-bond acceptors (Lipinski definition) is 3. The van der Waals surface area contributed by atoms with Crippen molar-refractivity contribution in [3.05, 3.63) is 23.8 Å². The Morgan fingerprint density at radius 1 is 1.25 bits per heavy atom. The Hall–Kier alpha value is -0.913. The second-order valence-electron chi connectivity index (χ2n) is 11.3. The maximum atomic E-state index is 10.6. The number of allylic oxidation sites excluding steroid dienone is 2. The van der Waals surface area contributed by atoms with Crippen molar-refractivity contribution >= 4 is 14.3 Å².